The molecule has 2 fully saturated rings. The first kappa shape index (κ1) is 16.7. The molecule has 2 aliphatic rings. The number of rotatable bonds is 3. The van der Waals surface area contributed by atoms with Crippen LogP contribution in [0.1, 0.15) is 23.3 Å². The summed E-state index contributed by atoms with van der Waals surface area (Å²) in [6.45, 7) is 3.36. The van der Waals surface area contributed by atoms with Crippen molar-refractivity contribution < 1.29 is 9.59 Å². The van der Waals surface area contributed by atoms with E-state index in [1.807, 2.05) is 22.4 Å². The molecule has 0 spiro atoms. The van der Waals surface area contributed by atoms with Crippen LogP contribution in [0.4, 0.5) is 0 Å². The van der Waals surface area contributed by atoms with Gasteiger partial charge < -0.3 is 15.1 Å². The highest BCUT2D eigenvalue weighted by Gasteiger charge is 2.36. The van der Waals surface area contributed by atoms with Gasteiger partial charge in [0.1, 0.15) is 16.7 Å². The van der Waals surface area contributed by atoms with Crippen LogP contribution in [-0.4, -0.2) is 65.4 Å². The van der Waals surface area contributed by atoms with E-state index in [0.29, 0.717) is 25.3 Å². The van der Waals surface area contributed by atoms with Crippen LogP contribution in [0.2, 0.25) is 0 Å². The van der Waals surface area contributed by atoms with Gasteiger partial charge in [0.2, 0.25) is 5.91 Å². The fraction of sp³-hybridized carbons (Fsp3) is 0.471. The highest BCUT2D eigenvalue weighted by molar-refractivity contribution is 7.20. The van der Waals surface area contributed by atoms with E-state index in [1.165, 1.54) is 11.3 Å². The second kappa shape index (κ2) is 7.23. The first-order valence-corrected chi connectivity index (χ1v) is 10.3. The average molecular weight is 377 g/mol. The van der Waals surface area contributed by atoms with Crippen molar-refractivity contribution in [2.75, 3.05) is 32.7 Å². The van der Waals surface area contributed by atoms with Gasteiger partial charge in [0, 0.05) is 38.1 Å². The predicted octanol–water partition coefficient (Wildman–Crippen LogP) is 1.91. The quantitative estimate of drug-likeness (QED) is 0.889. The van der Waals surface area contributed by atoms with Gasteiger partial charge >= 0.3 is 0 Å². The first-order valence-electron chi connectivity index (χ1n) is 8.54. The smallest absolute Gasteiger partial charge is 0.274 e. The molecule has 132 valence electrons. The van der Waals surface area contributed by atoms with E-state index in [-0.39, 0.29) is 11.8 Å². The van der Waals surface area contributed by atoms with E-state index >= 15 is 0 Å². The zero-order chi connectivity index (χ0) is 17.2. The Morgan fingerprint density at radius 1 is 1.20 bits per heavy atom. The molecule has 25 heavy (non-hydrogen) atoms. The molecule has 6 nitrogen and oxygen atoms in total. The number of thiophene rings is 1. The third-order valence-corrected chi connectivity index (χ3v) is 6.54. The van der Waals surface area contributed by atoms with Crippen LogP contribution in [0.25, 0.3) is 9.88 Å². The highest BCUT2D eigenvalue weighted by atomic mass is 32.1. The Balaban J connectivity index is 1.53. The Morgan fingerprint density at radius 2 is 2.04 bits per heavy atom. The van der Waals surface area contributed by atoms with Crippen molar-refractivity contribution in [3.8, 4) is 9.88 Å². The summed E-state index contributed by atoms with van der Waals surface area (Å²) in [7, 11) is 0. The Kier molecular flexibility index (Phi) is 4.82. The minimum Gasteiger partial charge on any atom is -0.341 e. The van der Waals surface area contributed by atoms with Crippen LogP contribution < -0.4 is 5.32 Å². The molecule has 8 heteroatoms. The number of amides is 2. The van der Waals surface area contributed by atoms with Gasteiger partial charge in [0.25, 0.3) is 5.91 Å². The molecule has 2 aromatic heterocycles. The molecule has 0 aliphatic carbocycles. The number of thiazole rings is 1. The summed E-state index contributed by atoms with van der Waals surface area (Å²) in [5, 5.41) is 7.90. The van der Waals surface area contributed by atoms with Gasteiger partial charge in [-0.15, -0.1) is 22.7 Å². The average Bonchev–Trinajstić information content (AvgIpc) is 3.42. The summed E-state index contributed by atoms with van der Waals surface area (Å²) >= 11 is 3.09. The third kappa shape index (κ3) is 3.33. The number of likely N-dealkylation sites (tertiary alicyclic amines) is 1. The lowest BCUT2D eigenvalue weighted by molar-refractivity contribution is -0.135. The summed E-state index contributed by atoms with van der Waals surface area (Å²) in [6, 6.07) is 3.55. The molecule has 1 N–H and O–H groups in total. The maximum Gasteiger partial charge on any atom is 0.274 e. The molecule has 0 saturated carbocycles. The summed E-state index contributed by atoms with van der Waals surface area (Å²) in [5.41, 5.74) is 0.439. The van der Waals surface area contributed by atoms with E-state index in [9.17, 15) is 9.59 Å². The van der Waals surface area contributed by atoms with Crippen LogP contribution in [0, 0.1) is 0 Å². The second-order valence-electron chi connectivity index (χ2n) is 6.27. The van der Waals surface area contributed by atoms with Crippen LogP contribution >= 0.6 is 22.7 Å². The number of piperazine rings is 1. The molecule has 1 atom stereocenters. The molecule has 0 unspecified atom stereocenters. The topological polar surface area (TPSA) is 65.5 Å². The molecule has 4 heterocycles. The fourth-order valence-electron chi connectivity index (χ4n) is 3.35. The summed E-state index contributed by atoms with van der Waals surface area (Å²) in [6.07, 6.45) is 2.10. The maximum atomic E-state index is 13.0. The molecule has 0 radical (unpaired) electrons. The van der Waals surface area contributed by atoms with Crippen molar-refractivity contribution in [2.24, 2.45) is 0 Å². The van der Waals surface area contributed by atoms with Crippen LogP contribution in [0.3, 0.4) is 0 Å². The monoisotopic (exact) mass is 376 g/mol. The lowest BCUT2D eigenvalue weighted by atomic mass is 10.1. The number of nitrogens with zero attached hydrogens (tertiary/aromatic N) is 3. The van der Waals surface area contributed by atoms with Gasteiger partial charge in [-0.25, -0.2) is 4.98 Å². The van der Waals surface area contributed by atoms with E-state index < -0.39 is 6.04 Å². The van der Waals surface area contributed by atoms with Gasteiger partial charge in [-0.05, 0) is 24.3 Å². The van der Waals surface area contributed by atoms with Crippen molar-refractivity contribution in [3.63, 3.8) is 0 Å². The number of nitrogens with one attached hydrogen (secondary N) is 1. The van der Waals surface area contributed by atoms with Gasteiger partial charge in [-0.3, -0.25) is 9.59 Å². The Hall–Kier alpha value is -1.77. The van der Waals surface area contributed by atoms with E-state index in [0.717, 1.165) is 35.8 Å². The lowest BCUT2D eigenvalue weighted by Gasteiger charge is -2.36. The standard InChI is InChI=1S/C17H20N4O2S2/c22-16(12-11-25-15(19-12)14-4-3-9-24-14)21-8-5-18-10-13(21)17(23)20-6-1-2-7-20/h3-4,9,11,13,18H,1-2,5-8,10H2/t13-/m1/s1. The van der Waals surface area contributed by atoms with Gasteiger partial charge in [0.05, 0.1) is 4.88 Å². The molecular formula is C17H20N4O2S2. The van der Waals surface area contributed by atoms with Gasteiger partial charge in [-0.2, -0.15) is 0 Å². The molecule has 2 saturated heterocycles. The zero-order valence-electron chi connectivity index (χ0n) is 13.8. The van der Waals surface area contributed by atoms with Crippen molar-refractivity contribution >= 4 is 34.5 Å². The summed E-state index contributed by atoms with van der Waals surface area (Å²) < 4.78 is 0. The minimum atomic E-state index is -0.425. The summed E-state index contributed by atoms with van der Waals surface area (Å²) in [4.78, 5) is 35.0. The zero-order valence-corrected chi connectivity index (χ0v) is 15.4. The largest absolute Gasteiger partial charge is 0.341 e. The summed E-state index contributed by atoms with van der Waals surface area (Å²) in [5.74, 6) is -0.0788. The Morgan fingerprint density at radius 3 is 2.80 bits per heavy atom. The highest BCUT2D eigenvalue weighted by Crippen LogP contribution is 2.28. The molecule has 0 aromatic carbocycles. The second-order valence-corrected chi connectivity index (χ2v) is 8.07. The molecule has 2 aliphatic heterocycles. The Labute approximate surface area is 154 Å². The number of carbonyl (C=O) groups is 2. The van der Waals surface area contributed by atoms with E-state index in [4.69, 9.17) is 0 Å². The molecule has 2 amide bonds. The molecule has 4 rings (SSSR count). The normalized spacial score (nSPS) is 20.9. The Bertz CT molecular complexity index is 753. The van der Waals surface area contributed by atoms with Crippen LogP contribution in [0.5, 0.6) is 0 Å². The maximum absolute atomic E-state index is 13.0. The molecule has 2 aromatic rings. The minimum absolute atomic E-state index is 0.0618. The van der Waals surface area contributed by atoms with Crippen molar-refractivity contribution in [1.82, 2.24) is 20.1 Å². The third-order valence-electron chi connectivity index (χ3n) is 4.66. The van der Waals surface area contributed by atoms with Crippen LogP contribution in [-0.2, 0) is 4.79 Å². The SMILES string of the molecule is O=C([C@H]1CNCCN1C(=O)c1csc(-c2cccs2)n1)N1CCCC1. The first-order chi connectivity index (χ1) is 12.2. The number of carbonyl (C=O) groups excluding carboxylic acids is 2. The van der Waals surface area contributed by atoms with Crippen molar-refractivity contribution in [2.45, 2.75) is 18.9 Å². The lowest BCUT2D eigenvalue weighted by Crippen LogP contribution is -2.59. The van der Waals surface area contributed by atoms with Gasteiger partial charge in [0.15, 0.2) is 0 Å². The van der Waals surface area contributed by atoms with Crippen LogP contribution in [0.15, 0.2) is 22.9 Å². The van der Waals surface area contributed by atoms with E-state index in [1.54, 1.807) is 21.6 Å². The van der Waals surface area contributed by atoms with Crippen molar-refractivity contribution in [3.05, 3.63) is 28.6 Å². The number of hydrogen-bond acceptors (Lipinski definition) is 6. The van der Waals surface area contributed by atoms with Gasteiger partial charge in [-0.1, -0.05) is 6.07 Å². The van der Waals surface area contributed by atoms with E-state index in [2.05, 4.69) is 10.3 Å². The molecular weight excluding hydrogens is 356 g/mol. The molecule has 0 bridgehead atoms. The fourth-order valence-corrected chi connectivity index (χ4v) is 4.96. The number of hydrogen-bond donors (Lipinski definition) is 1. The predicted molar refractivity (Wildman–Crippen MR) is 98.9 cm³/mol. The van der Waals surface area contributed by atoms with Crippen molar-refractivity contribution in [1.29, 1.82) is 0 Å². The number of aromatic nitrogens is 1.